The summed E-state index contributed by atoms with van der Waals surface area (Å²) >= 11 is 12.1. The molecule has 0 saturated heterocycles. The molecule has 0 atom stereocenters. The molecule has 0 N–H and O–H groups in total. The molecular weight excluding hydrogens is 453 g/mol. The van der Waals surface area contributed by atoms with Gasteiger partial charge in [0.2, 0.25) is 0 Å². The Labute approximate surface area is 186 Å². The lowest BCUT2D eigenvalue weighted by Crippen LogP contribution is -2.08. The van der Waals surface area contributed by atoms with E-state index < -0.39 is 17.6 Å². The predicted octanol–water partition coefficient (Wildman–Crippen LogP) is 6.88. The minimum Gasteiger partial charge on any atom is -0.299 e. The van der Waals surface area contributed by atoms with Crippen LogP contribution in [0.1, 0.15) is 34.4 Å². The topological polar surface area (TPSA) is 30.0 Å². The Morgan fingerprint density at radius 3 is 2.32 bits per heavy atom. The second-order valence-electron chi connectivity index (χ2n) is 7.06. The Morgan fingerprint density at radius 2 is 1.71 bits per heavy atom. The Bertz CT molecular complexity index is 1060. The normalized spacial score (nSPS) is 11.5. The van der Waals surface area contributed by atoms with Crippen molar-refractivity contribution in [3.8, 4) is 0 Å². The zero-order valence-corrected chi connectivity index (χ0v) is 17.7. The molecule has 0 aliphatic rings. The van der Waals surface area contributed by atoms with Crippen LogP contribution in [0, 0.1) is 5.82 Å². The third-order valence-electron chi connectivity index (χ3n) is 4.73. The number of aromatic nitrogens is 1. The highest BCUT2D eigenvalue weighted by Gasteiger charge is 2.32. The van der Waals surface area contributed by atoms with E-state index in [4.69, 9.17) is 23.2 Å². The van der Waals surface area contributed by atoms with E-state index in [1.807, 2.05) is 12.1 Å². The van der Waals surface area contributed by atoms with Crippen molar-refractivity contribution in [3.05, 3.63) is 98.5 Å². The average Bonchev–Trinajstić information content (AvgIpc) is 2.71. The standard InChI is InChI=1S/C23H17Cl2F4NO/c24-20-12-16(23(27,28)29)13-21(25)19(20)10-14-4-7-22(26)15(9-14)11-18(31)6-5-17-3-1-2-8-30-17/h1-4,7-9,12-13H,5-6,10-11H2. The van der Waals surface area contributed by atoms with Crippen LogP contribution in [0.5, 0.6) is 0 Å². The summed E-state index contributed by atoms with van der Waals surface area (Å²) in [7, 11) is 0. The number of rotatable bonds is 7. The predicted molar refractivity (Wildman–Crippen MR) is 112 cm³/mol. The number of alkyl halides is 3. The Morgan fingerprint density at radius 1 is 1.00 bits per heavy atom. The van der Waals surface area contributed by atoms with Crippen LogP contribution in [0.25, 0.3) is 0 Å². The maximum Gasteiger partial charge on any atom is 0.416 e. The van der Waals surface area contributed by atoms with Crippen LogP contribution in [0.4, 0.5) is 17.6 Å². The zero-order valence-electron chi connectivity index (χ0n) is 16.1. The van der Waals surface area contributed by atoms with E-state index in [0.717, 1.165) is 17.8 Å². The van der Waals surface area contributed by atoms with Crippen molar-refractivity contribution in [3.63, 3.8) is 0 Å². The summed E-state index contributed by atoms with van der Waals surface area (Å²) in [6, 6.07) is 11.3. The van der Waals surface area contributed by atoms with Crippen LogP contribution in [-0.4, -0.2) is 10.8 Å². The van der Waals surface area contributed by atoms with Crippen LogP contribution in [0.15, 0.2) is 54.7 Å². The van der Waals surface area contributed by atoms with Gasteiger partial charge in [-0.05, 0) is 53.4 Å². The first kappa shape index (κ1) is 23.2. The number of carbonyl (C=O) groups is 1. The molecule has 0 amide bonds. The van der Waals surface area contributed by atoms with Gasteiger partial charge in [-0.1, -0.05) is 41.4 Å². The van der Waals surface area contributed by atoms with Crippen LogP contribution >= 0.6 is 23.2 Å². The Hall–Kier alpha value is -2.44. The number of pyridine rings is 1. The van der Waals surface area contributed by atoms with Crippen LogP contribution in [0.3, 0.4) is 0 Å². The lowest BCUT2D eigenvalue weighted by atomic mass is 9.98. The third-order valence-corrected chi connectivity index (χ3v) is 5.41. The fourth-order valence-electron chi connectivity index (χ4n) is 3.13. The highest BCUT2D eigenvalue weighted by molar-refractivity contribution is 6.36. The van der Waals surface area contributed by atoms with Gasteiger partial charge in [-0.25, -0.2) is 4.39 Å². The molecule has 0 aliphatic carbocycles. The first-order valence-electron chi connectivity index (χ1n) is 9.37. The van der Waals surface area contributed by atoms with E-state index in [0.29, 0.717) is 17.5 Å². The van der Waals surface area contributed by atoms with Crippen molar-refractivity contribution < 1.29 is 22.4 Å². The number of hydrogen-bond donors (Lipinski definition) is 0. The maximum absolute atomic E-state index is 14.2. The highest BCUT2D eigenvalue weighted by Crippen LogP contribution is 2.36. The number of benzene rings is 2. The number of Topliss-reactive ketones (excluding diaryl/α,β-unsaturated/α-hetero) is 1. The molecule has 2 nitrogen and oxygen atoms in total. The number of carbonyl (C=O) groups excluding carboxylic acids is 1. The molecule has 1 heterocycles. The van der Waals surface area contributed by atoms with Gasteiger partial charge in [-0.3, -0.25) is 9.78 Å². The van der Waals surface area contributed by atoms with Crippen molar-refractivity contribution in [2.45, 2.75) is 31.9 Å². The van der Waals surface area contributed by atoms with Crippen LogP contribution < -0.4 is 0 Å². The molecule has 0 saturated carbocycles. The van der Waals surface area contributed by atoms with Gasteiger partial charge in [0.25, 0.3) is 0 Å². The van der Waals surface area contributed by atoms with Crippen molar-refractivity contribution in [2.24, 2.45) is 0 Å². The second-order valence-corrected chi connectivity index (χ2v) is 7.87. The van der Waals surface area contributed by atoms with Crippen LogP contribution in [0.2, 0.25) is 10.0 Å². The molecular formula is C23H17Cl2F4NO. The molecule has 2 aromatic carbocycles. The van der Waals surface area contributed by atoms with Crippen molar-refractivity contribution >= 4 is 29.0 Å². The number of ketones is 1. The van der Waals surface area contributed by atoms with Gasteiger partial charge < -0.3 is 0 Å². The smallest absolute Gasteiger partial charge is 0.299 e. The van der Waals surface area contributed by atoms with Gasteiger partial charge >= 0.3 is 6.18 Å². The van der Waals surface area contributed by atoms with Crippen molar-refractivity contribution in [2.75, 3.05) is 0 Å². The van der Waals surface area contributed by atoms with Gasteiger partial charge in [-0.2, -0.15) is 13.2 Å². The molecule has 0 spiro atoms. The Balaban J connectivity index is 1.73. The van der Waals surface area contributed by atoms with Gasteiger partial charge in [0, 0.05) is 41.2 Å². The first-order chi connectivity index (χ1) is 14.6. The van der Waals surface area contributed by atoms with Gasteiger partial charge in [0.05, 0.1) is 5.56 Å². The Kier molecular flexibility index (Phi) is 7.34. The second kappa shape index (κ2) is 9.79. The van der Waals surface area contributed by atoms with Crippen LogP contribution in [-0.2, 0) is 30.2 Å². The number of halogens is 6. The molecule has 8 heteroatoms. The van der Waals surface area contributed by atoms with E-state index in [1.165, 1.54) is 18.2 Å². The molecule has 31 heavy (non-hydrogen) atoms. The molecule has 0 fully saturated rings. The van der Waals surface area contributed by atoms with E-state index in [1.54, 1.807) is 12.3 Å². The summed E-state index contributed by atoms with van der Waals surface area (Å²) in [6.45, 7) is 0. The molecule has 162 valence electrons. The molecule has 0 aliphatic heterocycles. The quantitative estimate of drug-likeness (QED) is 0.353. The number of hydrogen-bond acceptors (Lipinski definition) is 2. The summed E-state index contributed by atoms with van der Waals surface area (Å²) in [5, 5.41) is -0.255. The summed E-state index contributed by atoms with van der Waals surface area (Å²) in [5.74, 6) is -0.674. The van der Waals surface area contributed by atoms with Crippen molar-refractivity contribution in [1.29, 1.82) is 0 Å². The van der Waals surface area contributed by atoms with E-state index >= 15 is 0 Å². The zero-order chi connectivity index (χ0) is 22.6. The molecule has 0 radical (unpaired) electrons. The largest absolute Gasteiger partial charge is 0.416 e. The molecule has 1 aromatic heterocycles. The SMILES string of the molecule is O=C(CCc1ccccn1)Cc1cc(Cc2c(Cl)cc(C(F)(F)F)cc2Cl)ccc1F. The van der Waals surface area contributed by atoms with Gasteiger partial charge in [0.1, 0.15) is 11.6 Å². The first-order valence-corrected chi connectivity index (χ1v) is 10.1. The summed E-state index contributed by atoms with van der Waals surface area (Å²) in [4.78, 5) is 16.5. The average molecular weight is 470 g/mol. The number of nitrogens with zero attached hydrogens (tertiary/aromatic N) is 1. The maximum atomic E-state index is 14.2. The highest BCUT2D eigenvalue weighted by atomic mass is 35.5. The molecule has 0 bridgehead atoms. The minimum atomic E-state index is -4.56. The number of aryl methyl sites for hydroxylation is 1. The summed E-state index contributed by atoms with van der Waals surface area (Å²) < 4.78 is 52.9. The summed E-state index contributed by atoms with van der Waals surface area (Å²) in [6.07, 6.45) is -2.24. The van der Waals surface area contributed by atoms with Gasteiger partial charge in [0.15, 0.2) is 0 Å². The van der Waals surface area contributed by atoms with Crippen molar-refractivity contribution in [1.82, 2.24) is 4.98 Å². The minimum absolute atomic E-state index is 0.0962. The van der Waals surface area contributed by atoms with E-state index in [9.17, 15) is 22.4 Å². The lowest BCUT2D eigenvalue weighted by molar-refractivity contribution is -0.137. The summed E-state index contributed by atoms with van der Waals surface area (Å²) in [5.41, 5.74) is 0.928. The molecule has 3 aromatic rings. The third kappa shape index (κ3) is 6.28. The lowest BCUT2D eigenvalue weighted by Gasteiger charge is -2.13. The fourth-order valence-corrected chi connectivity index (χ4v) is 3.75. The van der Waals surface area contributed by atoms with E-state index in [2.05, 4.69) is 4.98 Å². The molecule has 3 rings (SSSR count). The fraction of sp³-hybridized carbons (Fsp3) is 0.217. The molecule has 0 unspecified atom stereocenters. The monoisotopic (exact) mass is 469 g/mol. The van der Waals surface area contributed by atoms with Gasteiger partial charge in [-0.15, -0.1) is 0 Å². The van der Waals surface area contributed by atoms with E-state index in [-0.39, 0.29) is 40.7 Å².